The Hall–Kier alpha value is -1.52. The maximum Gasteiger partial charge on any atom is 0.237 e. The standard InChI is InChI=1S/C15H13ClFNOS/c1-10(20-12-8-6-11(16)7-9-12)15(19)18-14-5-3-2-4-13(14)17/h2-10H,1H3,(H,18,19)/t10-/m0/s1. The molecule has 0 bridgehead atoms. The van der Waals surface area contributed by atoms with Gasteiger partial charge in [0.05, 0.1) is 10.9 Å². The van der Waals surface area contributed by atoms with Crippen LogP contribution in [0.15, 0.2) is 53.4 Å². The zero-order valence-corrected chi connectivity index (χ0v) is 12.3. The summed E-state index contributed by atoms with van der Waals surface area (Å²) >= 11 is 7.20. The first kappa shape index (κ1) is 14.9. The van der Waals surface area contributed by atoms with Gasteiger partial charge in [-0.15, -0.1) is 11.8 Å². The van der Waals surface area contributed by atoms with Gasteiger partial charge in [-0.05, 0) is 43.3 Å². The molecular weight excluding hydrogens is 297 g/mol. The average molecular weight is 310 g/mol. The van der Waals surface area contributed by atoms with E-state index in [0.29, 0.717) is 5.02 Å². The fourth-order valence-electron chi connectivity index (χ4n) is 1.57. The van der Waals surface area contributed by atoms with Gasteiger partial charge in [-0.2, -0.15) is 0 Å². The number of anilines is 1. The van der Waals surface area contributed by atoms with Gasteiger partial charge in [0.25, 0.3) is 0 Å². The van der Waals surface area contributed by atoms with Crippen LogP contribution in [0.2, 0.25) is 5.02 Å². The van der Waals surface area contributed by atoms with Gasteiger partial charge < -0.3 is 5.32 Å². The van der Waals surface area contributed by atoms with Crippen LogP contribution in [0.4, 0.5) is 10.1 Å². The van der Waals surface area contributed by atoms with Gasteiger partial charge in [-0.25, -0.2) is 4.39 Å². The molecule has 0 aliphatic rings. The van der Waals surface area contributed by atoms with Gasteiger partial charge in [0.1, 0.15) is 5.82 Å². The largest absolute Gasteiger partial charge is 0.323 e. The molecule has 0 aromatic heterocycles. The third-order valence-corrected chi connectivity index (χ3v) is 3.99. The molecule has 0 fully saturated rings. The predicted octanol–water partition coefficient (Wildman–Crippen LogP) is 4.60. The highest BCUT2D eigenvalue weighted by atomic mass is 35.5. The Labute approximate surface area is 126 Å². The monoisotopic (exact) mass is 309 g/mol. The van der Waals surface area contributed by atoms with Crippen LogP contribution in [-0.4, -0.2) is 11.2 Å². The molecule has 0 radical (unpaired) electrons. The van der Waals surface area contributed by atoms with E-state index in [1.807, 2.05) is 12.1 Å². The minimum Gasteiger partial charge on any atom is -0.323 e. The molecule has 5 heteroatoms. The normalized spacial score (nSPS) is 11.9. The number of nitrogens with one attached hydrogen (secondary N) is 1. The summed E-state index contributed by atoms with van der Waals surface area (Å²) in [7, 11) is 0. The quantitative estimate of drug-likeness (QED) is 0.836. The van der Waals surface area contributed by atoms with Crippen LogP contribution in [0.3, 0.4) is 0 Å². The van der Waals surface area contributed by atoms with E-state index in [4.69, 9.17) is 11.6 Å². The summed E-state index contributed by atoms with van der Waals surface area (Å²) in [5, 5.41) is 2.89. The molecular formula is C15H13ClFNOS. The molecule has 1 N–H and O–H groups in total. The van der Waals surface area contributed by atoms with E-state index in [1.54, 1.807) is 31.2 Å². The van der Waals surface area contributed by atoms with Crippen molar-refractivity contribution in [1.29, 1.82) is 0 Å². The Kier molecular flexibility index (Phi) is 5.04. The molecule has 2 aromatic rings. The van der Waals surface area contributed by atoms with E-state index in [1.165, 1.54) is 23.9 Å². The number of para-hydroxylation sites is 1. The minimum absolute atomic E-state index is 0.195. The Bertz CT molecular complexity index is 603. The van der Waals surface area contributed by atoms with Crippen LogP contribution in [0, 0.1) is 5.82 Å². The van der Waals surface area contributed by atoms with E-state index < -0.39 is 5.82 Å². The van der Waals surface area contributed by atoms with E-state index in [2.05, 4.69) is 5.32 Å². The van der Waals surface area contributed by atoms with Gasteiger partial charge in [0, 0.05) is 9.92 Å². The molecule has 2 aromatic carbocycles. The second kappa shape index (κ2) is 6.77. The molecule has 20 heavy (non-hydrogen) atoms. The molecule has 2 nitrogen and oxygen atoms in total. The molecule has 1 atom stereocenters. The molecule has 0 aliphatic carbocycles. The van der Waals surface area contributed by atoms with Gasteiger partial charge in [-0.3, -0.25) is 4.79 Å². The van der Waals surface area contributed by atoms with Crippen molar-refractivity contribution in [3.05, 3.63) is 59.4 Å². The van der Waals surface area contributed by atoms with Gasteiger partial charge in [0.2, 0.25) is 5.91 Å². The summed E-state index contributed by atoms with van der Waals surface area (Å²) in [6, 6.07) is 13.3. The van der Waals surface area contributed by atoms with Crippen molar-refractivity contribution in [2.24, 2.45) is 0 Å². The van der Waals surface area contributed by atoms with Crippen molar-refractivity contribution >= 4 is 35.0 Å². The molecule has 2 rings (SSSR count). The molecule has 104 valence electrons. The zero-order chi connectivity index (χ0) is 14.5. The first-order chi connectivity index (χ1) is 9.56. The lowest BCUT2D eigenvalue weighted by atomic mass is 10.3. The molecule has 1 amide bonds. The Morgan fingerprint density at radius 3 is 2.50 bits per heavy atom. The number of halogens is 2. The first-order valence-electron chi connectivity index (χ1n) is 6.04. The maximum absolute atomic E-state index is 13.4. The fourth-order valence-corrected chi connectivity index (χ4v) is 2.56. The summed E-state index contributed by atoms with van der Waals surface area (Å²) in [6.45, 7) is 1.77. The van der Waals surface area contributed by atoms with E-state index >= 15 is 0 Å². The zero-order valence-electron chi connectivity index (χ0n) is 10.8. The van der Waals surface area contributed by atoms with Gasteiger partial charge in [-0.1, -0.05) is 23.7 Å². The number of hydrogen-bond acceptors (Lipinski definition) is 2. The Morgan fingerprint density at radius 1 is 1.20 bits per heavy atom. The highest BCUT2D eigenvalue weighted by Gasteiger charge is 2.15. The van der Waals surface area contributed by atoms with Crippen LogP contribution < -0.4 is 5.32 Å². The molecule has 0 saturated carbocycles. The first-order valence-corrected chi connectivity index (χ1v) is 7.29. The van der Waals surface area contributed by atoms with Crippen LogP contribution in [0.25, 0.3) is 0 Å². The summed E-state index contributed by atoms with van der Waals surface area (Å²) < 4.78 is 13.4. The number of hydrogen-bond donors (Lipinski definition) is 1. The third kappa shape index (κ3) is 3.99. The second-order valence-electron chi connectivity index (χ2n) is 4.18. The molecule has 0 spiro atoms. The summed E-state index contributed by atoms with van der Waals surface area (Å²) in [5.41, 5.74) is 0.195. The summed E-state index contributed by atoms with van der Waals surface area (Å²) in [6.07, 6.45) is 0. The summed E-state index contributed by atoms with van der Waals surface area (Å²) in [4.78, 5) is 12.9. The third-order valence-electron chi connectivity index (χ3n) is 2.63. The number of amides is 1. The van der Waals surface area contributed by atoms with Crippen LogP contribution in [0.1, 0.15) is 6.92 Å². The fraction of sp³-hybridized carbons (Fsp3) is 0.133. The highest BCUT2D eigenvalue weighted by molar-refractivity contribution is 8.00. The summed E-state index contributed by atoms with van der Waals surface area (Å²) in [5.74, 6) is -0.681. The second-order valence-corrected chi connectivity index (χ2v) is 6.03. The minimum atomic E-state index is -0.440. The van der Waals surface area contributed by atoms with Crippen molar-refractivity contribution in [1.82, 2.24) is 0 Å². The molecule has 0 aliphatic heterocycles. The average Bonchev–Trinajstić information content (AvgIpc) is 2.44. The predicted molar refractivity (Wildman–Crippen MR) is 81.8 cm³/mol. The number of benzene rings is 2. The van der Waals surface area contributed by atoms with Crippen LogP contribution in [0.5, 0.6) is 0 Å². The van der Waals surface area contributed by atoms with E-state index in [-0.39, 0.29) is 16.8 Å². The van der Waals surface area contributed by atoms with Gasteiger partial charge >= 0.3 is 0 Å². The molecule has 0 heterocycles. The van der Waals surface area contributed by atoms with Crippen molar-refractivity contribution in [3.63, 3.8) is 0 Å². The van der Waals surface area contributed by atoms with Crippen molar-refractivity contribution < 1.29 is 9.18 Å². The topological polar surface area (TPSA) is 29.1 Å². The van der Waals surface area contributed by atoms with Crippen molar-refractivity contribution in [2.75, 3.05) is 5.32 Å². The maximum atomic E-state index is 13.4. The lowest BCUT2D eigenvalue weighted by Crippen LogP contribution is -2.22. The number of carbonyl (C=O) groups excluding carboxylic acids is 1. The highest BCUT2D eigenvalue weighted by Crippen LogP contribution is 2.25. The van der Waals surface area contributed by atoms with E-state index in [0.717, 1.165) is 4.90 Å². The van der Waals surface area contributed by atoms with Crippen LogP contribution in [-0.2, 0) is 4.79 Å². The van der Waals surface area contributed by atoms with Crippen molar-refractivity contribution in [3.8, 4) is 0 Å². The number of rotatable bonds is 4. The Balaban J connectivity index is 1.99. The lowest BCUT2D eigenvalue weighted by molar-refractivity contribution is -0.115. The Morgan fingerprint density at radius 2 is 1.85 bits per heavy atom. The van der Waals surface area contributed by atoms with Gasteiger partial charge in [0.15, 0.2) is 0 Å². The van der Waals surface area contributed by atoms with Crippen LogP contribution >= 0.6 is 23.4 Å². The smallest absolute Gasteiger partial charge is 0.237 e. The number of thioether (sulfide) groups is 1. The molecule has 0 saturated heterocycles. The van der Waals surface area contributed by atoms with Crippen molar-refractivity contribution in [2.45, 2.75) is 17.1 Å². The molecule has 0 unspecified atom stereocenters. The lowest BCUT2D eigenvalue weighted by Gasteiger charge is -2.12. The number of carbonyl (C=O) groups is 1. The van der Waals surface area contributed by atoms with E-state index in [9.17, 15) is 9.18 Å². The SMILES string of the molecule is C[C@H](Sc1ccc(Cl)cc1)C(=O)Nc1ccccc1F.